The summed E-state index contributed by atoms with van der Waals surface area (Å²) in [6.45, 7) is 4.77. The highest BCUT2D eigenvalue weighted by Crippen LogP contribution is 2.32. The fraction of sp³-hybridized carbons (Fsp3) is 0.750. The van der Waals surface area contributed by atoms with Crippen molar-refractivity contribution >= 4 is 11.8 Å². The van der Waals surface area contributed by atoms with E-state index in [1.807, 2.05) is 11.8 Å². The molecule has 0 radical (unpaired) electrons. The summed E-state index contributed by atoms with van der Waals surface area (Å²) in [4.78, 5) is 0. The van der Waals surface area contributed by atoms with Crippen LogP contribution in [0.2, 0.25) is 0 Å². The van der Waals surface area contributed by atoms with Crippen molar-refractivity contribution in [3.8, 4) is 0 Å². The Labute approximate surface area is 111 Å². The van der Waals surface area contributed by atoms with Crippen LogP contribution in [0.4, 0.5) is 0 Å². The molecule has 96 valence electrons. The molecule has 2 fully saturated rings. The Morgan fingerprint density at radius 3 is 1.47 bits per heavy atom. The van der Waals surface area contributed by atoms with Gasteiger partial charge >= 0.3 is 0 Å². The molecule has 17 heavy (non-hydrogen) atoms. The molecule has 0 aromatic rings. The van der Waals surface area contributed by atoms with E-state index < -0.39 is 0 Å². The van der Waals surface area contributed by atoms with Gasteiger partial charge < -0.3 is 0 Å². The lowest BCUT2D eigenvalue weighted by molar-refractivity contribution is 0.444. The van der Waals surface area contributed by atoms with Gasteiger partial charge in [-0.25, -0.2) is 0 Å². The lowest BCUT2D eigenvalue weighted by Gasteiger charge is -2.20. The fourth-order valence-electron chi connectivity index (χ4n) is 2.73. The molecule has 0 aromatic carbocycles. The van der Waals surface area contributed by atoms with Gasteiger partial charge in [0.25, 0.3) is 0 Å². The normalized spacial score (nSPS) is 30.2. The monoisotopic (exact) mass is 250 g/mol. The molecule has 0 saturated heterocycles. The van der Waals surface area contributed by atoms with Crippen molar-refractivity contribution in [1.29, 1.82) is 0 Å². The molecule has 2 rings (SSSR count). The zero-order chi connectivity index (χ0) is 12.1. The van der Waals surface area contributed by atoms with Crippen molar-refractivity contribution in [3.05, 3.63) is 22.0 Å². The lowest BCUT2D eigenvalue weighted by Crippen LogP contribution is -2.03. The molecule has 0 N–H and O–H groups in total. The maximum absolute atomic E-state index is 2.43. The van der Waals surface area contributed by atoms with E-state index in [9.17, 15) is 0 Å². The summed E-state index contributed by atoms with van der Waals surface area (Å²) < 4.78 is 0. The minimum atomic E-state index is 0.954. The molecule has 0 aromatic heterocycles. The van der Waals surface area contributed by atoms with Gasteiger partial charge in [0.1, 0.15) is 0 Å². The number of rotatable bonds is 2. The molecule has 0 heterocycles. The maximum Gasteiger partial charge on any atom is -0.0256 e. The summed E-state index contributed by atoms with van der Waals surface area (Å²) >= 11 is 1.94. The van der Waals surface area contributed by atoms with Gasteiger partial charge in [-0.1, -0.05) is 25.0 Å². The molecular formula is C16H26S. The SMILES string of the molecule is CC1CCC(=CSC=C2CCC(C)CC2)CC1. The smallest absolute Gasteiger partial charge is 0.0256 e. The first-order valence-electron chi connectivity index (χ1n) is 7.25. The second kappa shape index (κ2) is 6.68. The Bertz CT molecular complexity index is 251. The first-order valence-corrected chi connectivity index (χ1v) is 8.19. The Morgan fingerprint density at radius 1 is 0.765 bits per heavy atom. The molecule has 2 aliphatic carbocycles. The highest BCUT2D eigenvalue weighted by Gasteiger charge is 2.13. The molecule has 0 amide bonds. The predicted octanol–water partition coefficient (Wildman–Crippen LogP) is 5.91. The van der Waals surface area contributed by atoms with Crippen LogP contribution in [0.25, 0.3) is 0 Å². The minimum absolute atomic E-state index is 0.954. The fourth-order valence-corrected chi connectivity index (χ4v) is 3.65. The van der Waals surface area contributed by atoms with Crippen LogP contribution in [0, 0.1) is 11.8 Å². The Hall–Kier alpha value is -0.170. The summed E-state index contributed by atoms with van der Waals surface area (Å²) in [7, 11) is 0. The van der Waals surface area contributed by atoms with Crippen LogP contribution in [-0.4, -0.2) is 0 Å². The predicted molar refractivity (Wildman–Crippen MR) is 79.0 cm³/mol. The van der Waals surface area contributed by atoms with Gasteiger partial charge in [-0.3, -0.25) is 0 Å². The van der Waals surface area contributed by atoms with Crippen molar-refractivity contribution in [2.75, 3.05) is 0 Å². The first-order chi connectivity index (χ1) is 8.24. The summed E-state index contributed by atoms with van der Waals surface area (Å²) in [5, 5.41) is 4.85. The number of hydrogen-bond acceptors (Lipinski definition) is 1. The van der Waals surface area contributed by atoms with E-state index >= 15 is 0 Å². The van der Waals surface area contributed by atoms with Crippen LogP contribution in [-0.2, 0) is 0 Å². The number of thioether (sulfide) groups is 1. The quantitative estimate of drug-likeness (QED) is 0.587. The highest BCUT2D eigenvalue weighted by molar-refractivity contribution is 8.04. The summed E-state index contributed by atoms with van der Waals surface area (Å²) in [6.07, 6.45) is 11.0. The Kier molecular flexibility index (Phi) is 5.21. The molecule has 0 atom stereocenters. The molecule has 0 nitrogen and oxygen atoms in total. The van der Waals surface area contributed by atoms with Gasteiger partial charge in [0.15, 0.2) is 0 Å². The van der Waals surface area contributed by atoms with Gasteiger partial charge in [-0.05, 0) is 74.0 Å². The average Bonchev–Trinajstić information content (AvgIpc) is 2.34. The molecule has 2 saturated carbocycles. The average molecular weight is 250 g/mol. The van der Waals surface area contributed by atoms with Gasteiger partial charge in [0.2, 0.25) is 0 Å². The number of hydrogen-bond donors (Lipinski definition) is 0. The van der Waals surface area contributed by atoms with Gasteiger partial charge in [0.05, 0.1) is 0 Å². The van der Waals surface area contributed by atoms with Crippen LogP contribution in [0.3, 0.4) is 0 Å². The largest absolute Gasteiger partial charge is 0.106 e. The van der Waals surface area contributed by atoms with Crippen molar-refractivity contribution in [2.24, 2.45) is 11.8 Å². The summed E-state index contributed by atoms with van der Waals surface area (Å²) in [6, 6.07) is 0. The Balaban J connectivity index is 1.74. The van der Waals surface area contributed by atoms with E-state index in [-0.39, 0.29) is 0 Å². The van der Waals surface area contributed by atoms with E-state index in [1.54, 1.807) is 11.1 Å². The third-order valence-electron chi connectivity index (χ3n) is 4.30. The van der Waals surface area contributed by atoms with Gasteiger partial charge in [-0.15, -0.1) is 11.8 Å². The minimum Gasteiger partial charge on any atom is -0.106 e. The molecule has 0 unspecified atom stereocenters. The molecule has 0 spiro atoms. The van der Waals surface area contributed by atoms with Crippen molar-refractivity contribution < 1.29 is 0 Å². The first kappa shape index (κ1) is 13.3. The van der Waals surface area contributed by atoms with E-state index in [1.165, 1.54) is 51.4 Å². The van der Waals surface area contributed by atoms with Crippen molar-refractivity contribution in [1.82, 2.24) is 0 Å². The van der Waals surface area contributed by atoms with E-state index in [0.29, 0.717) is 0 Å². The zero-order valence-electron chi connectivity index (χ0n) is 11.4. The number of allylic oxidation sites excluding steroid dienone is 2. The third kappa shape index (κ3) is 4.54. The van der Waals surface area contributed by atoms with E-state index in [2.05, 4.69) is 24.7 Å². The molecule has 2 aliphatic rings. The second-order valence-electron chi connectivity index (χ2n) is 6.05. The van der Waals surface area contributed by atoms with Crippen LogP contribution in [0.1, 0.15) is 65.2 Å². The summed E-state index contributed by atoms with van der Waals surface area (Å²) in [5.41, 5.74) is 3.38. The molecule has 0 bridgehead atoms. The maximum atomic E-state index is 2.43. The zero-order valence-corrected chi connectivity index (χ0v) is 12.2. The topological polar surface area (TPSA) is 0 Å². The van der Waals surface area contributed by atoms with E-state index in [4.69, 9.17) is 0 Å². The van der Waals surface area contributed by atoms with E-state index in [0.717, 1.165) is 11.8 Å². The Morgan fingerprint density at radius 2 is 1.12 bits per heavy atom. The van der Waals surface area contributed by atoms with Gasteiger partial charge in [-0.2, -0.15) is 0 Å². The third-order valence-corrected chi connectivity index (χ3v) is 5.24. The second-order valence-corrected chi connectivity index (χ2v) is 6.80. The lowest BCUT2D eigenvalue weighted by atomic mass is 9.88. The molecular weight excluding hydrogens is 224 g/mol. The van der Waals surface area contributed by atoms with Crippen molar-refractivity contribution in [2.45, 2.75) is 65.2 Å². The molecule has 0 aliphatic heterocycles. The summed E-state index contributed by atoms with van der Waals surface area (Å²) in [5.74, 6) is 1.91. The standard InChI is InChI=1S/C16H26S/c1-13-3-7-15(8-4-13)11-17-12-16-9-5-14(2)6-10-16/h11-14H,3-10H2,1-2H3. The van der Waals surface area contributed by atoms with Crippen LogP contribution in [0.15, 0.2) is 22.0 Å². The van der Waals surface area contributed by atoms with Gasteiger partial charge in [0, 0.05) is 0 Å². The molecule has 1 heteroatoms. The van der Waals surface area contributed by atoms with Crippen molar-refractivity contribution in [3.63, 3.8) is 0 Å². The van der Waals surface area contributed by atoms with Crippen LogP contribution < -0.4 is 0 Å². The van der Waals surface area contributed by atoms with Crippen LogP contribution >= 0.6 is 11.8 Å². The highest BCUT2D eigenvalue weighted by atomic mass is 32.2. The van der Waals surface area contributed by atoms with Crippen LogP contribution in [0.5, 0.6) is 0 Å².